The molecule has 0 amide bonds. The van der Waals surface area contributed by atoms with Crippen molar-refractivity contribution in [1.29, 1.82) is 0 Å². The van der Waals surface area contributed by atoms with Crippen LogP contribution >= 0.6 is 11.3 Å². The fourth-order valence-corrected chi connectivity index (χ4v) is 3.76. The van der Waals surface area contributed by atoms with Gasteiger partial charge in [-0.05, 0) is 19.4 Å². The highest BCUT2D eigenvalue weighted by molar-refractivity contribution is 7.11. The van der Waals surface area contributed by atoms with Crippen molar-refractivity contribution < 1.29 is 4.74 Å². The number of hydrogen-bond donors (Lipinski definition) is 1. The standard InChI is InChI=1S/C14H24N2OS/c1-3-15-10-12-11-16-13(18-12)14(17-2)8-6-4-5-7-9-14/h11,15H,3-10H2,1-2H3. The van der Waals surface area contributed by atoms with Gasteiger partial charge < -0.3 is 10.1 Å². The molecule has 1 aromatic rings. The molecule has 0 bridgehead atoms. The second kappa shape index (κ2) is 6.64. The monoisotopic (exact) mass is 268 g/mol. The van der Waals surface area contributed by atoms with Crippen LogP contribution in [-0.2, 0) is 16.9 Å². The molecule has 0 radical (unpaired) electrons. The largest absolute Gasteiger partial charge is 0.371 e. The SMILES string of the molecule is CCNCc1cnc(C2(OC)CCCCCC2)s1. The Kier molecular flexibility index (Phi) is 5.15. The summed E-state index contributed by atoms with van der Waals surface area (Å²) < 4.78 is 5.89. The first-order chi connectivity index (χ1) is 8.80. The molecular weight excluding hydrogens is 244 g/mol. The summed E-state index contributed by atoms with van der Waals surface area (Å²) in [5.74, 6) is 0. The molecule has 0 saturated heterocycles. The molecule has 2 rings (SSSR count). The second-order valence-corrected chi connectivity index (χ2v) is 6.14. The summed E-state index contributed by atoms with van der Waals surface area (Å²) in [7, 11) is 1.84. The maximum absolute atomic E-state index is 5.89. The summed E-state index contributed by atoms with van der Waals surface area (Å²) in [6.07, 6.45) is 9.44. The fraction of sp³-hybridized carbons (Fsp3) is 0.786. The van der Waals surface area contributed by atoms with Crippen molar-refractivity contribution in [1.82, 2.24) is 10.3 Å². The summed E-state index contributed by atoms with van der Waals surface area (Å²) in [4.78, 5) is 5.94. The van der Waals surface area contributed by atoms with Crippen LogP contribution in [0.25, 0.3) is 0 Å². The third kappa shape index (κ3) is 3.11. The topological polar surface area (TPSA) is 34.2 Å². The molecule has 3 nitrogen and oxygen atoms in total. The molecule has 0 atom stereocenters. The molecule has 1 aromatic heterocycles. The van der Waals surface area contributed by atoms with E-state index in [1.165, 1.54) is 35.6 Å². The summed E-state index contributed by atoms with van der Waals surface area (Å²) >= 11 is 1.81. The molecule has 1 saturated carbocycles. The first-order valence-electron chi connectivity index (χ1n) is 7.02. The lowest BCUT2D eigenvalue weighted by Gasteiger charge is -2.29. The van der Waals surface area contributed by atoms with Crippen LogP contribution in [-0.4, -0.2) is 18.6 Å². The predicted octanol–water partition coefficient (Wildman–Crippen LogP) is 3.45. The van der Waals surface area contributed by atoms with Crippen LogP contribution in [0.5, 0.6) is 0 Å². The maximum atomic E-state index is 5.89. The Hall–Kier alpha value is -0.450. The molecule has 0 spiro atoms. The molecule has 0 aromatic carbocycles. The van der Waals surface area contributed by atoms with E-state index in [4.69, 9.17) is 4.74 Å². The van der Waals surface area contributed by atoms with Gasteiger partial charge in [-0.2, -0.15) is 0 Å². The van der Waals surface area contributed by atoms with Gasteiger partial charge in [-0.15, -0.1) is 11.3 Å². The van der Waals surface area contributed by atoms with E-state index in [1.54, 1.807) is 0 Å². The van der Waals surface area contributed by atoms with E-state index in [-0.39, 0.29) is 5.60 Å². The number of nitrogens with zero attached hydrogens (tertiary/aromatic N) is 1. The first-order valence-corrected chi connectivity index (χ1v) is 7.83. The predicted molar refractivity (Wildman–Crippen MR) is 75.9 cm³/mol. The number of aromatic nitrogens is 1. The van der Waals surface area contributed by atoms with Crippen LogP contribution in [0.15, 0.2) is 6.20 Å². The van der Waals surface area contributed by atoms with Gasteiger partial charge in [-0.1, -0.05) is 32.6 Å². The van der Waals surface area contributed by atoms with Crippen LogP contribution in [0, 0.1) is 0 Å². The molecule has 102 valence electrons. The molecule has 1 N–H and O–H groups in total. The number of thiazole rings is 1. The molecule has 1 aliphatic carbocycles. The van der Waals surface area contributed by atoms with Crippen molar-refractivity contribution in [3.63, 3.8) is 0 Å². The van der Waals surface area contributed by atoms with Gasteiger partial charge in [0.25, 0.3) is 0 Å². The lowest BCUT2D eigenvalue weighted by atomic mass is 9.95. The summed E-state index contributed by atoms with van der Waals surface area (Å²) in [6, 6.07) is 0. The number of rotatable bonds is 5. The van der Waals surface area contributed by atoms with Crippen molar-refractivity contribution >= 4 is 11.3 Å². The van der Waals surface area contributed by atoms with E-state index >= 15 is 0 Å². The molecule has 0 unspecified atom stereocenters. The normalized spacial score (nSPS) is 19.7. The molecule has 1 aliphatic rings. The Balaban J connectivity index is 2.12. The minimum absolute atomic E-state index is 0.106. The van der Waals surface area contributed by atoms with Gasteiger partial charge in [0, 0.05) is 24.7 Å². The zero-order valence-corrected chi connectivity index (χ0v) is 12.3. The van der Waals surface area contributed by atoms with Crippen LogP contribution in [0.2, 0.25) is 0 Å². The highest BCUT2D eigenvalue weighted by Gasteiger charge is 2.35. The van der Waals surface area contributed by atoms with Crippen LogP contribution in [0.4, 0.5) is 0 Å². The average molecular weight is 268 g/mol. The Morgan fingerprint density at radius 1 is 1.33 bits per heavy atom. The van der Waals surface area contributed by atoms with Gasteiger partial charge in [0.05, 0.1) is 0 Å². The minimum atomic E-state index is -0.106. The van der Waals surface area contributed by atoms with Crippen molar-refractivity contribution in [3.05, 3.63) is 16.1 Å². The molecule has 0 aliphatic heterocycles. The lowest BCUT2D eigenvalue weighted by molar-refractivity contribution is -0.0279. The average Bonchev–Trinajstić information content (AvgIpc) is 2.74. The molecule has 18 heavy (non-hydrogen) atoms. The van der Waals surface area contributed by atoms with Crippen LogP contribution < -0.4 is 5.32 Å². The van der Waals surface area contributed by atoms with E-state index in [1.807, 2.05) is 24.6 Å². The third-order valence-corrected chi connectivity index (χ3v) is 4.98. The van der Waals surface area contributed by atoms with Gasteiger partial charge >= 0.3 is 0 Å². The van der Waals surface area contributed by atoms with Gasteiger partial charge in [0.15, 0.2) is 0 Å². The Morgan fingerprint density at radius 2 is 2.06 bits per heavy atom. The smallest absolute Gasteiger partial charge is 0.125 e. The van der Waals surface area contributed by atoms with Gasteiger partial charge in [0.1, 0.15) is 10.6 Å². The third-order valence-electron chi connectivity index (χ3n) is 3.79. The van der Waals surface area contributed by atoms with E-state index in [2.05, 4.69) is 17.2 Å². The lowest BCUT2D eigenvalue weighted by Crippen LogP contribution is -2.27. The van der Waals surface area contributed by atoms with E-state index in [9.17, 15) is 0 Å². The van der Waals surface area contributed by atoms with Crippen LogP contribution in [0.1, 0.15) is 55.3 Å². The van der Waals surface area contributed by atoms with E-state index in [0.717, 1.165) is 25.9 Å². The Morgan fingerprint density at radius 3 is 2.67 bits per heavy atom. The summed E-state index contributed by atoms with van der Waals surface area (Å²) in [6.45, 7) is 4.06. The fourth-order valence-electron chi connectivity index (χ4n) is 2.65. The molecule has 4 heteroatoms. The second-order valence-electron chi connectivity index (χ2n) is 5.02. The van der Waals surface area contributed by atoms with Crippen molar-refractivity contribution in [3.8, 4) is 0 Å². The summed E-state index contributed by atoms with van der Waals surface area (Å²) in [5.41, 5.74) is -0.106. The molecule has 1 heterocycles. The maximum Gasteiger partial charge on any atom is 0.125 e. The highest BCUT2D eigenvalue weighted by atomic mass is 32.1. The van der Waals surface area contributed by atoms with Gasteiger partial charge in [-0.3, -0.25) is 0 Å². The number of hydrogen-bond acceptors (Lipinski definition) is 4. The van der Waals surface area contributed by atoms with Crippen molar-refractivity contribution in [2.75, 3.05) is 13.7 Å². The number of ether oxygens (including phenoxy) is 1. The van der Waals surface area contributed by atoms with Crippen molar-refractivity contribution in [2.45, 2.75) is 57.6 Å². The zero-order chi connectivity index (χ0) is 12.8. The molecular formula is C14H24N2OS. The summed E-state index contributed by atoms with van der Waals surface area (Å²) in [5, 5.41) is 4.53. The quantitative estimate of drug-likeness (QED) is 0.831. The van der Waals surface area contributed by atoms with E-state index < -0.39 is 0 Å². The van der Waals surface area contributed by atoms with Crippen molar-refractivity contribution in [2.24, 2.45) is 0 Å². The highest BCUT2D eigenvalue weighted by Crippen LogP contribution is 2.40. The number of methoxy groups -OCH3 is 1. The first kappa shape index (κ1) is 14.0. The zero-order valence-electron chi connectivity index (χ0n) is 11.5. The number of nitrogens with one attached hydrogen (secondary N) is 1. The Labute approximate surface area is 114 Å². The minimum Gasteiger partial charge on any atom is -0.371 e. The molecule has 1 fully saturated rings. The van der Waals surface area contributed by atoms with E-state index in [0.29, 0.717) is 0 Å². The van der Waals surface area contributed by atoms with Gasteiger partial charge in [-0.25, -0.2) is 4.98 Å². The van der Waals surface area contributed by atoms with Crippen LogP contribution in [0.3, 0.4) is 0 Å². The Bertz CT molecular complexity index is 356. The van der Waals surface area contributed by atoms with Gasteiger partial charge in [0.2, 0.25) is 0 Å².